The van der Waals surface area contributed by atoms with Gasteiger partial charge in [0.2, 0.25) is 0 Å². The van der Waals surface area contributed by atoms with Gasteiger partial charge in [-0.1, -0.05) is 67.4 Å². The molecule has 2 heterocycles. The second-order valence-electron chi connectivity index (χ2n) is 11.0. The smallest absolute Gasteiger partial charge is 0.144 e. The van der Waals surface area contributed by atoms with Crippen LogP contribution in [-0.4, -0.2) is 20.7 Å². The summed E-state index contributed by atoms with van der Waals surface area (Å²) >= 11 is 0. The van der Waals surface area contributed by atoms with Gasteiger partial charge < -0.3 is 4.42 Å². The Kier molecular flexibility index (Phi) is 4.73. The second-order valence-corrected chi connectivity index (χ2v) is 11.0. The predicted molar refractivity (Wildman–Crippen MR) is 148 cm³/mol. The number of benzene rings is 3. The van der Waals surface area contributed by atoms with Crippen molar-refractivity contribution in [1.29, 1.82) is 5.26 Å². The van der Waals surface area contributed by atoms with E-state index in [1.54, 1.807) is 6.20 Å². The topological polar surface area (TPSA) is 49.8 Å². The number of hydrogen-bond donors (Lipinski definition) is 0. The maximum absolute atomic E-state index is 10.1. The molecule has 0 N–H and O–H groups in total. The highest BCUT2D eigenvalue weighted by Gasteiger charge is 2.37. The summed E-state index contributed by atoms with van der Waals surface area (Å²) in [5.41, 5.74) is 8.85. The third kappa shape index (κ3) is 3.32. The Morgan fingerprint density at radius 2 is 1.71 bits per heavy atom. The van der Waals surface area contributed by atoms with Crippen LogP contribution in [0.3, 0.4) is 0 Å². The molecule has 1 aliphatic carbocycles. The third-order valence-electron chi connectivity index (χ3n) is 7.87. The molecule has 2 aromatic heterocycles. The van der Waals surface area contributed by atoms with E-state index >= 15 is 0 Å². The van der Waals surface area contributed by atoms with Crippen molar-refractivity contribution in [3.05, 3.63) is 89.6 Å². The van der Waals surface area contributed by atoms with E-state index in [9.17, 15) is 5.26 Å². The SMILES string of the molecule is BC1(B)CCC(C)(C)c2ccc(-c3c(C#N)ccc4c3oc3c(-c5ccccn5)cccc34)cc21. The predicted octanol–water partition coefficient (Wildman–Crippen LogP) is 5.68. The Bertz CT molecular complexity index is 1660. The highest BCUT2D eigenvalue weighted by atomic mass is 16.3. The van der Waals surface area contributed by atoms with Gasteiger partial charge in [0, 0.05) is 28.1 Å². The fourth-order valence-electron chi connectivity index (χ4n) is 5.71. The zero-order valence-electron chi connectivity index (χ0n) is 20.6. The second kappa shape index (κ2) is 7.62. The van der Waals surface area contributed by atoms with E-state index < -0.39 is 0 Å². The standard InChI is InChI=1S/C30H26B2N2O/c1-29(2)13-14-30(31,32)24-16-18(10-12-23(24)29)26-19(17-33)9-11-21-20-6-5-7-22(27(20)35-28(21)26)25-8-3-4-15-34-25/h3-12,15-16H,13-14,31-32H2,1-2H3. The summed E-state index contributed by atoms with van der Waals surface area (Å²) < 4.78 is 6.61. The molecule has 3 aromatic carbocycles. The van der Waals surface area contributed by atoms with Gasteiger partial charge in [-0.15, -0.1) is 0 Å². The number of furan rings is 1. The van der Waals surface area contributed by atoms with E-state index in [1.807, 2.05) is 42.5 Å². The fourth-order valence-corrected chi connectivity index (χ4v) is 5.71. The Morgan fingerprint density at radius 3 is 2.49 bits per heavy atom. The molecule has 0 amide bonds. The number of nitriles is 1. The van der Waals surface area contributed by atoms with Crippen molar-refractivity contribution in [3.63, 3.8) is 0 Å². The monoisotopic (exact) mass is 452 g/mol. The summed E-state index contributed by atoms with van der Waals surface area (Å²) in [5, 5.41) is 12.2. The molecular formula is C30H26B2N2O. The van der Waals surface area contributed by atoms with Crippen LogP contribution >= 0.6 is 0 Å². The van der Waals surface area contributed by atoms with Crippen LogP contribution in [0.25, 0.3) is 44.3 Å². The highest BCUT2D eigenvalue weighted by Crippen LogP contribution is 2.46. The van der Waals surface area contributed by atoms with E-state index in [4.69, 9.17) is 4.42 Å². The van der Waals surface area contributed by atoms with Gasteiger partial charge in [0.05, 0.1) is 17.3 Å². The van der Waals surface area contributed by atoms with Gasteiger partial charge in [-0.25, -0.2) is 0 Å². The quantitative estimate of drug-likeness (QED) is 0.324. The highest BCUT2D eigenvalue weighted by molar-refractivity contribution is 6.40. The molecule has 0 aliphatic heterocycles. The maximum atomic E-state index is 10.1. The lowest BCUT2D eigenvalue weighted by Crippen LogP contribution is -2.38. The first-order valence-corrected chi connectivity index (χ1v) is 12.3. The van der Waals surface area contributed by atoms with Gasteiger partial charge in [-0.3, -0.25) is 4.98 Å². The van der Waals surface area contributed by atoms with Gasteiger partial charge in [-0.05, 0) is 53.3 Å². The Morgan fingerprint density at radius 1 is 0.886 bits per heavy atom. The number of hydrogen-bond acceptors (Lipinski definition) is 3. The normalized spacial score (nSPS) is 16.1. The number of nitrogens with zero attached hydrogens (tertiary/aromatic N) is 2. The van der Waals surface area contributed by atoms with Crippen molar-refractivity contribution in [2.45, 2.75) is 37.3 Å². The first-order chi connectivity index (χ1) is 16.8. The molecule has 5 aromatic rings. The van der Waals surface area contributed by atoms with Gasteiger partial charge >= 0.3 is 0 Å². The molecule has 5 heteroatoms. The zero-order valence-corrected chi connectivity index (χ0v) is 20.6. The Hall–Kier alpha value is -3.77. The molecule has 168 valence electrons. The van der Waals surface area contributed by atoms with E-state index in [-0.39, 0.29) is 10.6 Å². The molecule has 1 aliphatic rings. The summed E-state index contributed by atoms with van der Waals surface area (Å²) in [7, 11) is 4.66. The first-order valence-electron chi connectivity index (χ1n) is 12.3. The van der Waals surface area contributed by atoms with Gasteiger partial charge in [-0.2, -0.15) is 5.26 Å². The van der Waals surface area contributed by atoms with Crippen molar-refractivity contribution in [2.75, 3.05) is 0 Å². The molecule has 6 rings (SSSR count). The fraction of sp³-hybridized carbons (Fsp3) is 0.200. The lowest BCUT2D eigenvalue weighted by Gasteiger charge is -2.42. The van der Waals surface area contributed by atoms with Crippen molar-refractivity contribution in [3.8, 4) is 28.5 Å². The van der Waals surface area contributed by atoms with Gasteiger partial charge in [0.1, 0.15) is 26.9 Å². The number of aromatic nitrogens is 1. The maximum Gasteiger partial charge on any atom is 0.144 e. The van der Waals surface area contributed by atoms with Crippen LogP contribution in [0.1, 0.15) is 43.4 Å². The molecule has 0 fully saturated rings. The molecule has 35 heavy (non-hydrogen) atoms. The van der Waals surface area contributed by atoms with Crippen LogP contribution in [0.15, 0.2) is 77.3 Å². The third-order valence-corrected chi connectivity index (χ3v) is 7.87. The van der Waals surface area contributed by atoms with Crippen LogP contribution in [-0.2, 0) is 10.6 Å². The van der Waals surface area contributed by atoms with Gasteiger partial charge in [0.25, 0.3) is 0 Å². The Labute approximate surface area is 207 Å². The molecule has 0 unspecified atom stereocenters. The Balaban J connectivity index is 1.65. The van der Waals surface area contributed by atoms with Crippen molar-refractivity contribution >= 4 is 37.6 Å². The molecule has 0 saturated carbocycles. The van der Waals surface area contributed by atoms with Crippen LogP contribution in [0.2, 0.25) is 0 Å². The molecule has 3 nitrogen and oxygen atoms in total. The molecule has 0 spiro atoms. The summed E-state index contributed by atoms with van der Waals surface area (Å²) in [4.78, 5) is 4.55. The average Bonchev–Trinajstić information content (AvgIpc) is 3.25. The lowest BCUT2D eigenvalue weighted by atomic mass is 9.44. The van der Waals surface area contributed by atoms with Gasteiger partial charge in [0.15, 0.2) is 0 Å². The minimum absolute atomic E-state index is 0.0849. The minimum atomic E-state index is 0.0849. The summed E-state index contributed by atoms with van der Waals surface area (Å²) in [5.74, 6) is 0. The molecule has 0 atom stereocenters. The van der Waals surface area contributed by atoms with E-state index in [0.29, 0.717) is 5.56 Å². The number of pyridine rings is 1. The van der Waals surface area contributed by atoms with E-state index in [2.05, 4.69) is 64.9 Å². The molecule has 0 saturated heterocycles. The zero-order chi connectivity index (χ0) is 24.4. The minimum Gasteiger partial charge on any atom is -0.455 e. The molecule has 0 bridgehead atoms. The van der Waals surface area contributed by atoms with Crippen molar-refractivity contribution in [1.82, 2.24) is 4.98 Å². The average molecular weight is 452 g/mol. The number of para-hydroxylation sites is 1. The molecular weight excluding hydrogens is 426 g/mol. The van der Waals surface area contributed by atoms with Crippen LogP contribution in [0.4, 0.5) is 0 Å². The summed E-state index contributed by atoms with van der Waals surface area (Å²) in [6, 6.07) is 25.2. The number of rotatable bonds is 2. The first kappa shape index (κ1) is 21.7. The van der Waals surface area contributed by atoms with Crippen molar-refractivity contribution < 1.29 is 4.42 Å². The molecule has 0 radical (unpaired) electrons. The summed E-state index contributed by atoms with van der Waals surface area (Å²) in [6.07, 6.45) is 4.11. The van der Waals surface area contributed by atoms with E-state index in [1.165, 1.54) is 17.5 Å². The van der Waals surface area contributed by atoms with Crippen LogP contribution < -0.4 is 0 Å². The van der Waals surface area contributed by atoms with Crippen LogP contribution in [0, 0.1) is 11.3 Å². The largest absolute Gasteiger partial charge is 0.455 e. The van der Waals surface area contributed by atoms with E-state index in [0.717, 1.165) is 50.7 Å². The van der Waals surface area contributed by atoms with Crippen molar-refractivity contribution in [2.24, 2.45) is 0 Å². The lowest BCUT2D eigenvalue weighted by molar-refractivity contribution is 0.411. The number of fused-ring (bicyclic) bond motifs is 4. The van der Waals surface area contributed by atoms with Crippen LogP contribution in [0.5, 0.6) is 0 Å². The summed E-state index contributed by atoms with van der Waals surface area (Å²) in [6.45, 7) is 4.67.